The van der Waals surface area contributed by atoms with Crippen molar-refractivity contribution in [1.29, 1.82) is 5.26 Å². The quantitative estimate of drug-likeness (QED) is 0.689. The van der Waals surface area contributed by atoms with Gasteiger partial charge >= 0.3 is 0 Å². The van der Waals surface area contributed by atoms with E-state index in [1.807, 2.05) is 23.8 Å². The lowest BCUT2D eigenvalue weighted by Crippen LogP contribution is -2.41. The summed E-state index contributed by atoms with van der Waals surface area (Å²) in [7, 11) is 1.84. The van der Waals surface area contributed by atoms with Gasteiger partial charge in [-0.1, -0.05) is 6.92 Å². The van der Waals surface area contributed by atoms with Gasteiger partial charge in [0.05, 0.1) is 18.7 Å². The molecule has 0 saturated carbocycles. The molecule has 1 atom stereocenters. The summed E-state index contributed by atoms with van der Waals surface area (Å²) < 4.78 is 0. The van der Waals surface area contributed by atoms with Crippen LogP contribution in [0.3, 0.4) is 0 Å². The summed E-state index contributed by atoms with van der Waals surface area (Å²) in [6.45, 7) is 4.10. The van der Waals surface area contributed by atoms with Crippen molar-refractivity contribution in [1.82, 2.24) is 9.80 Å². The molecule has 1 unspecified atom stereocenters. The number of rotatable bonds is 4. The number of likely N-dealkylation sites (tertiary alicyclic amines) is 1. The first-order chi connectivity index (χ1) is 7.19. The number of nitriles is 1. The molecule has 1 aliphatic heterocycles. The van der Waals surface area contributed by atoms with Crippen LogP contribution >= 0.6 is 0 Å². The maximum Gasteiger partial charge on any atom is 0.236 e. The van der Waals surface area contributed by atoms with E-state index in [4.69, 9.17) is 5.26 Å². The lowest BCUT2D eigenvalue weighted by Gasteiger charge is -2.23. The molecule has 1 aliphatic rings. The second kappa shape index (κ2) is 5.72. The molecule has 1 amide bonds. The second-order valence-corrected chi connectivity index (χ2v) is 4.06. The highest BCUT2D eigenvalue weighted by Crippen LogP contribution is 2.09. The molecule has 1 fully saturated rings. The van der Waals surface area contributed by atoms with Gasteiger partial charge in [-0.15, -0.1) is 0 Å². The fraction of sp³-hybridized carbons (Fsp3) is 0.818. The Bertz CT molecular complexity index is 253. The van der Waals surface area contributed by atoms with Crippen LogP contribution in [0.2, 0.25) is 0 Å². The van der Waals surface area contributed by atoms with Gasteiger partial charge in [-0.05, 0) is 26.3 Å². The van der Waals surface area contributed by atoms with Crippen LogP contribution in [0.25, 0.3) is 0 Å². The van der Waals surface area contributed by atoms with Crippen LogP contribution in [0.1, 0.15) is 26.2 Å². The number of carbonyl (C=O) groups is 1. The number of nitrogens with zero attached hydrogens (tertiary/aromatic N) is 3. The molecule has 0 spiro atoms. The van der Waals surface area contributed by atoms with E-state index in [1.54, 1.807) is 0 Å². The van der Waals surface area contributed by atoms with E-state index in [0.29, 0.717) is 6.54 Å². The zero-order valence-electron chi connectivity index (χ0n) is 9.57. The Morgan fingerprint density at radius 3 is 2.60 bits per heavy atom. The maximum absolute atomic E-state index is 11.8. The minimum absolute atomic E-state index is 0.142. The van der Waals surface area contributed by atoms with Gasteiger partial charge in [0.25, 0.3) is 0 Å². The fourth-order valence-corrected chi connectivity index (χ4v) is 1.89. The normalized spacial score (nSPS) is 17.9. The molecule has 84 valence electrons. The van der Waals surface area contributed by atoms with Gasteiger partial charge in [-0.3, -0.25) is 9.69 Å². The Balaban J connectivity index is 2.40. The van der Waals surface area contributed by atoms with Crippen molar-refractivity contribution >= 4 is 5.91 Å². The number of likely N-dealkylation sites (N-methyl/N-ethyl adjacent to an activating group) is 1. The van der Waals surface area contributed by atoms with Crippen LogP contribution in [0, 0.1) is 11.3 Å². The van der Waals surface area contributed by atoms with Gasteiger partial charge in [0, 0.05) is 13.1 Å². The van der Waals surface area contributed by atoms with Gasteiger partial charge in [0.1, 0.15) is 0 Å². The molecule has 0 N–H and O–H groups in total. The van der Waals surface area contributed by atoms with Gasteiger partial charge in [-0.2, -0.15) is 5.26 Å². The Labute approximate surface area is 91.5 Å². The second-order valence-electron chi connectivity index (χ2n) is 4.06. The first-order valence-electron chi connectivity index (χ1n) is 5.56. The number of carbonyl (C=O) groups excluding carboxylic acids is 1. The molecular weight excluding hydrogens is 190 g/mol. The minimum atomic E-state index is -0.142. The summed E-state index contributed by atoms with van der Waals surface area (Å²) in [4.78, 5) is 15.5. The molecule has 4 heteroatoms. The van der Waals surface area contributed by atoms with Crippen molar-refractivity contribution in [2.75, 3.05) is 26.7 Å². The Hall–Kier alpha value is -1.08. The Morgan fingerprint density at radius 1 is 1.53 bits per heavy atom. The average Bonchev–Trinajstić information content (AvgIpc) is 2.72. The topological polar surface area (TPSA) is 47.3 Å². The monoisotopic (exact) mass is 209 g/mol. The zero-order chi connectivity index (χ0) is 11.3. The molecular formula is C11H19N3O. The Kier molecular flexibility index (Phi) is 4.57. The molecule has 0 aromatic carbocycles. The molecule has 1 heterocycles. The standard InChI is InChI=1S/C11H19N3O/c1-3-10(8-12)13(2)9-11(15)14-6-4-5-7-14/h10H,3-7,9H2,1-2H3. The lowest BCUT2D eigenvalue weighted by atomic mass is 10.2. The van der Waals surface area contributed by atoms with E-state index >= 15 is 0 Å². The summed E-state index contributed by atoms with van der Waals surface area (Å²) in [5.74, 6) is 0.156. The molecule has 0 aromatic heterocycles. The third-order valence-corrected chi connectivity index (χ3v) is 2.91. The number of hydrogen-bond donors (Lipinski definition) is 0. The highest BCUT2D eigenvalue weighted by molar-refractivity contribution is 5.78. The van der Waals surface area contributed by atoms with E-state index in [-0.39, 0.29) is 11.9 Å². The van der Waals surface area contributed by atoms with Crippen LogP contribution in [-0.2, 0) is 4.79 Å². The number of hydrogen-bond acceptors (Lipinski definition) is 3. The van der Waals surface area contributed by atoms with Crippen molar-refractivity contribution in [2.45, 2.75) is 32.2 Å². The highest BCUT2D eigenvalue weighted by atomic mass is 16.2. The van der Waals surface area contributed by atoms with Gasteiger partial charge in [0.15, 0.2) is 0 Å². The summed E-state index contributed by atoms with van der Waals surface area (Å²) in [5.41, 5.74) is 0. The van der Waals surface area contributed by atoms with Gasteiger partial charge in [-0.25, -0.2) is 0 Å². The van der Waals surface area contributed by atoms with Crippen molar-refractivity contribution in [3.8, 4) is 6.07 Å². The predicted molar refractivity (Wildman–Crippen MR) is 58.1 cm³/mol. The van der Waals surface area contributed by atoms with Crippen molar-refractivity contribution in [3.05, 3.63) is 0 Å². The third kappa shape index (κ3) is 3.21. The molecule has 0 radical (unpaired) electrons. The third-order valence-electron chi connectivity index (χ3n) is 2.91. The summed E-state index contributed by atoms with van der Waals surface area (Å²) in [6, 6.07) is 2.06. The van der Waals surface area contributed by atoms with Crippen LogP contribution in [-0.4, -0.2) is 48.4 Å². The average molecular weight is 209 g/mol. The summed E-state index contributed by atoms with van der Waals surface area (Å²) in [5, 5.41) is 8.86. The molecule has 1 rings (SSSR count). The summed E-state index contributed by atoms with van der Waals surface area (Å²) >= 11 is 0. The van der Waals surface area contributed by atoms with Crippen LogP contribution < -0.4 is 0 Å². The minimum Gasteiger partial charge on any atom is -0.342 e. The lowest BCUT2D eigenvalue weighted by molar-refractivity contribution is -0.131. The van der Waals surface area contributed by atoms with Crippen molar-refractivity contribution in [2.24, 2.45) is 0 Å². The van der Waals surface area contributed by atoms with Crippen LogP contribution in [0.15, 0.2) is 0 Å². The number of amides is 1. The van der Waals surface area contributed by atoms with Crippen molar-refractivity contribution < 1.29 is 4.79 Å². The van der Waals surface area contributed by atoms with E-state index in [1.165, 1.54) is 0 Å². The fourth-order valence-electron chi connectivity index (χ4n) is 1.89. The molecule has 0 aliphatic carbocycles. The van der Waals surface area contributed by atoms with Crippen LogP contribution in [0.4, 0.5) is 0 Å². The van der Waals surface area contributed by atoms with E-state index in [0.717, 1.165) is 32.4 Å². The molecule has 4 nitrogen and oxygen atoms in total. The maximum atomic E-state index is 11.8. The van der Waals surface area contributed by atoms with Crippen LogP contribution in [0.5, 0.6) is 0 Å². The van der Waals surface area contributed by atoms with E-state index in [9.17, 15) is 4.79 Å². The molecule has 15 heavy (non-hydrogen) atoms. The Morgan fingerprint density at radius 2 is 2.13 bits per heavy atom. The van der Waals surface area contributed by atoms with E-state index < -0.39 is 0 Å². The SMILES string of the molecule is CCC(C#N)N(C)CC(=O)N1CCCC1. The van der Waals surface area contributed by atoms with Gasteiger partial charge in [0.2, 0.25) is 5.91 Å². The smallest absolute Gasteiger partial charge is 0.236 e. The molecule has 0 bridgehead atoms. The predicted octanol–water partition coefficient (Wildman–Crippen LogP) is 0.843. The van der Waals surface area contributed by atoms with Gasteiger partial charge < -0.3 is 4.90 Å². The van der Waals surface area contributed by atoms with E-state index in [2.05, 4.69) is 6.07 Å². The largest absolute Gasteiger partial charge is 0.342 e. The van der Waals surface area contributed by atoms with Crippen molar-refractivity contribution in [3.63, 3.8) is 0 Å². The zero-order valence-corrected chi connectivity index (χ0v) is 9.57. The highest BCUT2D eigenvalue weighted by Gasteiger charge is 2.21. The first kappa shape index (κ1) is 12.0. The molecule has 0 aromatic rings. The summed E-state index contributed by atoms with van der Waals surface area (Å²) in [6.07, 6.45) is 3.00. The first-order valence-corrected chi connectivity index (χ1v) is 5.56. The molecule has 1 saturated heterocycles.